The van der Waals surface area contributed by atoms with E-state index in [2.05, 4.69) is 15.5 Å². The second-order valence-electron chi connectivity index (χ2n) is 5.34. The third-order valence-corrected chi connectivity index (χ3v) is 3.67. The molecular formula is C20H16ClN3O. The summed E-state index contributed by atoms with van der Waals surface area (Å²) in [4.78, 5) is 0. The quantitative estimate of drug-likeness (QED) is 0.522. The highest BCUT2D eigenvalue weighted by Gasteiger charge is 2.04. The predicted octanol–water partition coefficient (Wildman–Crippen LogP) is 5.59. The summed E-state index contributed by atoms with van der Waals surface area (Å²) in [6.45, 7) is 0. The lowest BCUT2D eigenvalue weighted by Gasteiger charge is -2.09. The SMILES string of the molecule is Cl.c1ccc(Oc2ccc(Nc3nncc4ccccc34)cc2)cc1. The molecule has 3 aromatic carbocycles. The average Bonchev–Trinajstić information content (AvgIpc) is 2.65. The number of para-hydroxylation sites is 1. The van der Waals surface area contributed by atoms with Gasteiger partial charge in [-0.25, -0.2) is 0 Å². The van der Waals surface area contributed by atoms with Crippen LogP contribution in [0.15, 0.2) is 85.1 Å². The van der Waals surface area contributed by atoms with Crippen molar-refractivity contribution in [2.24, 2.45) is 0 Å². The summed E-state index contributed by atoms with van der Waals surface area (Å²) in [5.74, 6) is 2.35. The largest absolute Gasteiger partial charge is 0.457 e. The molecule has 5 heteroatoms. The first-order valence-electron chi connectivity index (χ1n) is 7.69. The first kappa shape index (κ1) is 16.7. The zero-order valence-electron chi connectivity index (χ0n) is 13.3. The molecule has 0 fully saturated rings. The van der Waals surface area contributed by atoms with Crippen LogP contribution in [0, 0.1) is 0 Å². The Kier molecular flexibility index (Phi) is 5.11. The molecule has 124 valence electrons. The number of halogens is 1. The van der Waals surface area contributed by atoms with Crippen molar-refractivity contribution in [2.45, 2.75) is 0 Å². The molecule has 0 saturated carbocycles. The second kappa shape index (κ2) is 7.64. The maximum Gasteiger partial charge on any atom is 0.160 e. The van der Waals surface area contributed by atoms with Crippen LogP contribution in [0.3, 0.4) is 0 Å². The Hall–Kier alpha value is -3.11. The lowest BCUT2D eigenvalue weighted by molar-refractivity contribution is 0.483. The zero-order chi connectivity index (χ0) is 16.2. The fourth-order valence-electron chi connectivity index (χ4n) is 2.49. The normalized spacial score (nSPS) is 10.1. The van der Waals surface area contributed by atoms with Gasteiger partial charge >= 0.3 is 0 Å². The molecule has 0 unspecified atom stereocenters. The van der Waals surface area contributed by atoms with E-state index in [-0.39, 0.29) is 12.4 Å². The summed E-state index contributed by atoms with van der Waals surface area (Å²) in [5.41, 5.74) is 0.932. The zero-order valence-corrected chi connectivity index (χ0v) is 14.1. The van der Waals surface area contributed by atoms with Gasteiger partial charge in [-0.05, 0) is 36.4 Å². The fraction of sp³-hybridized carbons (Fsp3) is 0. The van der Waals surface area contributed by atoms with Crippen LogP contribution < -0.4 is 10.1 Å². The molecule has 0 aliphatic heterocycles. The van der Waals surface area contributed by atoms with Gasteiger partial charge in [-0.3, -0.25) is 0 Å². The van der Waals surface area contributed by atoms with Crippen LogP contribution >= 0.6 is 12.4 Å². The van der Waals surface area contributed by atoms with Gasteiger partial charge in [0.2, 0.25) is 0 Å². The van der Waals surface area contributed by atoms with E-state index in [9.17, 15) is 0 Å². The van der Waals surface area contributed by atoms with E-state index in [1.54, 1.807) is 6.20 Å². The van der Waals surface area contributed by atoms with Crippen LogP contribution in [0.1, 0.15) is 0 Å². The minimum Gasteiger partial charge on any atom is -0.457 e. The van der Waals surface area contributed by atoms with Crippen molar-refractivity contribution in [3.8, 4) is 11.5 Å². The number of benzene rings is 3. The number of hydrogen-bond acceptors (Lipinski definition) is 4. The third kappa shape index (κ3) is 3.87. The van der Waals surface area contributed by atoms with Crippen LogP contribution in [-0.2, 0) is 0 Å². The summed E-state index contributed by atoms with van der Waals surface area (Å²) in [6, 6.07) is 25.5. The lowest BCUT2D eigenvalue weighted by Crippen LogP contribution is -1.96. The lowest BCUT2D eigenvalue weighted by atomic mass is 10.2. The Balaban J connectivity index is 0.00000182. The van der Waals surface area contributed by atoms with Crippen molar-refractivity contribution in [2.75, 3.05) is 5.32 Å². The molecule has 0 atom stereocenters. The molecule has 4 rings (SSSR count). The Morgan fingerprint density at radius 3 is 2.20 bits per heavy atom. The molecule has 0 aliphatic rings. The smallest absolute Gasteiger partial charge is 0.160 e. The summed E-state index contributed by atoms with van der Waals surface area (Å²) in [6.07, 6.45) is 1.76. The van der Waals surface area contributed by atoms with E-state index in [1.165, 1.54) is 0 Å². The minimum absolute atomic E-state index is 0. The number of fused-ring (bicyclic) bond motifs is 1. The minimum atomic E-state index is 0. The molecule has 1 aromatic heterocycles. The highest BCUT2D eigenvalue weighted by atomic mass is 35.5. The Labute approximate surface area is 151 Å². The highest BCUT2D eigenvalue weighted by molar-refractivity contribution is 5.92. The summed E-state index contributed by atoms with van der Waals surface area (Å²) >= 11 is 0. The monoisotopic (exact) mass is 349 g/mol. The van der Waals surface area contributed by atoms with E-state index in [1.807, 2.05) is 78.9 Å². The van der Waals surface area contributed by atoms with E-state index < -0.39 is 0 Å². The molecule has 4 aromatic rings. The molecule has 0 amide bonds. The van der Waals surface area contributed by atoms with Gasteiger partial charge in [-0.1, -0.05) is 42.5 Å². The second-order valence-corrected chi connectivity index (χ2v) is 5.34. The molecular weight excluding hydrogens is 334 g/mol. The van der Waals surface area contributed by atoms with E-state index in [4.69, 9.17) is 4.74 Å². The summed E-state index contributed by atoms with van der Waals surface area (Å²) in [5, 5.41) is 13.6. The molecule has 0 radical (unpaired) electrons. The van der Waals surface area contributed by atoms with E-state index in [0.29, 0.717) is 0 Å². The maximum absolute atomic E-state index is 5.80. The highest BCUT2D eigenvalue weighted by Crippen LogP contribution is 2.26. The number of rotatable bonds is 4. The molecule has 0 saturated heterocycles. The van der Waals surface area contributed by atoms with Gasteiger partial charge < -0.3 is 10.1 Å². The summed E-state index contributed by atoms with van der Waals surface area (Å²) < 4.78 is 5.80. The standard InChI is InChI=1S/C20H15N3O.ClH/c1-2-7-17(8-3-1)24-18-12-10-16(11-13-18)22-20-19-9-5-4-6-15(19)14-21-23-20;/h1-14H,(H,22,23);1H. The van der Waals surface area contributed by atoms with Crippen LogP contribution in [0.2, 0.25) is 0 Å². The van der Waals surface area contributed by atoms with Crippen LogP contribution in [-0.4, -0.2) is 10.2 Å². The van der Waals surface area contributed by atoms with Crippen molar-refractivity contribution in [1.29, 1.82) is 0 Å². The van der Waals surface area contributed by atoms with Crippen molar-refractivity contribution in [3.63, 3.8) is 0 Å². The Morgan fingerprint density at radius 1 is 0.720 bits per heavy atom. The van der Waals surface area contributed by atoms with E-state index >= 15 is 0 Å². The van der Waals surface area contributed by atoms with Crippen LogP contribution in [0.4, 0.5) is 11.5 Å². The van der Waals surface area contributed by atoms with Crippen molar-refractivity contribution >= 4 is 34.7 Å². The van der Waals surface area contributed by atoms with Gasteiger partial charge in [-0.15, -0.1) is 17.5 Å². The number of nitrogens with one attached hydrogen (secondary N) is 1. The molecule has 1 heterocycles. The average molecular weight is 350 g/mol. The topological polar surface area (TPSA) is 47.0 Å². The van der Waals surface area contributed by atoms with Gasteiger partial charge in [0, 0.05) is 16.5 Å². The van der Waals surface area contributed by atoms with Crippen LogP contribution in [0.25, 0.3) is 10.8 Å². The van der Waals surface area contributed by atoms with Crippen molar-refractivity contribution < 1.29 is 4.74 Å². The van der Waals surface area contributed by atoms with Crippen molar-refractivity contribution in [1.82, 2.24) is 10.2 Å². The molecule has 0 bridgehead atoms. The first-order chi connectivity index (χ1) is 11.9. The van der Waals surface area contributed by atoms with Gasteiger partial charge in [0.25, 0.3) is 0 Å². The van der Waals surface area contributed by atoms with Gasteiger partial charge in [0.05, 0.1) is 6.20 Å². The molecule has 0 spiro atoms. The number of aromatic nitrogens is 2. The number of ether oxygens (including phenoxy) is 1. The first-order valence-corrected chi connectivity index (χ1v) is 7.69. The van der Waals surface area contributed by atoms with Gasteiger partial charge in [0.15, 0.2) is 5.82 Å². The van der Waals surface area contributed by atoms with Crippen molar-refractivity contribution in [3.05, 3.63) is 85.1 Å². The van der Waals surface area contributed by atoms with Crippen LogP contribution in [0.5, 0.6) is 11.5 Å². The Bertz CT molecular complexity index is 954. The van der Waals surface area contributed by atoms with E-state index in [0.717, 1.165) is 33.8 Å². The number of nitrogens with zero attached hydrogens (tertiary/aromatic N) is 2. The fourth-order valence-corrected chi connectivity index (χ4v) is 2.49. The Morgan fingerprint density at radius 2 is 1.40 bits per heavy atom. The third-order valence-electron chi connectivity index (χ3n) is 3.67. The van der Waals surface area contributed by atoms with Gasteiger partial charge in [0.1, 0.15) is 11.5 Å². The molecule has 4 nitrogen and oxygen atoms in total. The summed E-state index contributed by atoms with van der Waals surface area (Å²) in [7, 11) is 0. The maximum atomic E-state index is 5.80. The molecule has 0 aliphatic carbocycles. The van der Waals surface area contributed by atoms with Gasteiger partial charge in [-0.2, -0.15) is 5.10 Å². The molecule has 25 heavy (non-hydrogen) atoms. The molecule has 1 N–H and O–H groups in total. The predicted molar refractivity (Wildman–Crippen MR) is 103 cm³/mol. The number of anilines is 2. The number of hydrogen-bond donors (Lipinski definition) is 1.